The zero-order valence-electron chi connectivity index (χ0n) is 11.3. The van der Waals surface area contributed by atoms with Crippen molar-refractivity contribution in [1.82, 2.24) is 4.98 Å². The molecule has 0 bridgehead atoms. The Labute approximate surface area is 127 Å². The number of hydrogen-bond donors (Lipinski definition) is 1. The zero-order chi connectivity index (χ0) is 14.7. The molecule has 0 aliphatic carbocycles. The van der Waals surface area contributed by atoms with E-state index in [4.69, 9.17) is 21.4 Å². The standard InChI is InChI=1S/C17H14ClNO2/c18-14-6-4-13-5-7-15(19-17(13)9-14)11-21-16-3-1-2-12(8-16)10-20/h1-9,20H,10-11H2. The Morgan fingerprint density at radius 1 is 1.05 bits per heavy atom. The predicted molar refractivity (Wildman–Crippen MR) is 83.4 cm³/mol. The number of nitrogens with zero attached hydrogens (tertiary/aromatic N) is 1. The van der Waals surface area contributed by atoms with Crippen LogP contribution in [-0.2, 0) is 13.2 Å². The Morgan fingerprint density at radius 2 is 1.90 bits per heavy atom. The van der Waals surface area contributed by atoms with Gasteiger partial charge in [-0.1, -0.05) is 35.9 Å². The molecular formula is C17H14ClNO2. The molecule has 0 saturated carbocycles. The molecule has 0 saturated heterocycles. The van der Waals surface area contributed by atoms with Gasteiger partial charge in [-0.3, -0.25) is 0 Å². The van der Waals surface area contributed by atoms with Crippen LogP contribution in [0, 0.1) is 0 Å². The summed E-state index contributed by atoms with van der Waals surface area (Å²) in [5, 5.41) is 10.8. The minimum Gasteiger partial charge on any atom is -0.487 e. The van der Waals surface area contributed by atoms with Crippen LogP contribution in [0.3, 0.4) is 0 Å². The maximum atomic E-state index is 9.11. The summed E-state index contributed by atoms with van der Waals surface area (Å²) >= 11 is 5.98. The van der Waals surface area contributed by atoms with Crippen molar-refractivity contribution in [2.24, 2.45) is 0 Å². The summed E-state index contributed by atoms with van der Waals surface area (Å²) in [6, 6.07) is 17.0. The maximum Gasteiger partial charge on any atom is 0.130 e. The quantitative estimate of drug-likeness (QED) is 0.793. The first kappa shape index (κ1) is 13.9. The van der Waals surface area contributed by atoms with E-state index in [1.807, 2.05) is 54.6 Å². The van der Waals surface area contributed by atoms with E-state index in [2.05, 4.69) is 4.98 Å². The molecule has 4 heteroatoms. The Bertz CT molecular complexity index is 774. The van der Waals surface area contributed by atoms with Gasteiger partial charge in [0.05, 0.1) is 17.8 Å². The van der Waals surface area contributed by atoms with Crippen LogP contribution in [-0.4, -0.2) is 10.1 Å². The molecule has 3 nitrogen and oxygen atoms in total. The molecule has 21 heavy (non-hydrogen) atoms. The third-order valence-corrected chi connectivity index (χ3v) is 3.41. The molecule has 0 amide bonds. The van der Waals surface area contributed by atoms with Gasteiger partial charge in [-0.05, 0) is 35.9 Å². The van der Waals surface area contributed by atoms with Crippen LogP contribution < -0.4 is 4.74 Å². The van der Waals surface area contributed by atoms with Crippen LogP contribution in [0.4, 0.5) is 0 Å². The average Bonchev–Trinajstić information content (AvgIpc) is 2.52. The highest BCUT2D eigenvalue weighted by Crippen LogP contribution is 2.19. The smallest absolute Gasteiger partial charge is 0.130 e. The predicted octanol–water partition coefficient (Wildman–Crippen LogP) is 3.96. The molecule has 0 radical (unpaired) electrons. The first-order valence-electron chi connectivity index (χ1n) is 6.62. The first-order valence-corrected chi connectivity index (χ1v) is 7.00. The van der Waals surface area contributed by atoms with Crippen molar-refractivity contribution in [3.8, 4) is 5.75 Å². The number of rotatable bonds is 4. The molecule has 1 aromatic heterocycles. The first-order chi connectivity index (χ1) is 10.2. The monoisotopic (exact) mass is 299 g/mol. The fourth-order valence-corrected chi connectivity index (χ4v) is 2.27. The molecule has 1 heterocycles. The molecule has 1 N–H and O–H groups in total. The van der Waals surface area contributed by atoms with Gasteiger partial charge in [0.15, 0.2) is 0 Å². The number of aromatic nitrogens is 1. The fraction of sp³-hybridized carbons (Fsp3) is 0.118. The summed E-state index contributed by atoms with van der Waals surface area (Å²) in [6.07, 6.45) is 0. The molecule has 0 unspecified atom stereocenters. The van der Waals surface area contributed by atoms with E-state index in [-0.39, 0.29) is 6.61 Å². The van der Waals surface area contributed by atoms with Crippen molar-refractivity contribution < 1.29 is 9.84 Å². The second kappa shape index (κ2) is 6.12. The molecule has 3 rings (SSSR count). The lowest BCUT2D eigenvalue weighted by molar-refractivity contribution is 0.277. The summed E-state index contributed by atoms with van der Waals surface area (Å²) in [4.78, 5) is 4.53. The van der Waals surface area contributed by atoms with E-state index < -0.39 is 0 Å². The van der Waals surface area contributed by atoms with Gasteiger partial charge < -0.3 is 9.84 Å². The van der Waals surface area contributed by atoms with E-state index in [0.717, 1.165) is 27.9 Å². The van der Waals surface area contributed by atoms with Gasteiger partial charge in [0.1, 0.15) is 12.4 Å². The number of ether oxygens (including phenoxy) is 1. The van der Waals surface area contributed by atoms with Crippen LogP contribution in [0.2, 0.25) is 5.02 Å². The van der Waals surface area contributed by atoms with Crippen molar-refractivity contribution in [2.45, 2.75) is 13.2 Å². The highest BCUT2D eigenvalue weighted by Gasteiger charge is 2.02. The van der Waals surface area contributed by atoms with Crippen molar-refractivity contribution in [3.63, 3.8) is 0 Å². The summed E-state index contributed by atoms with van der Waals surface area (Å²) in [5.41, 5.74) is 2.51. The van der Waals surface area contributed by atoms with Gasteiger partial charge in [-0.2, -0.15) is 0 Å². The average molecular weight is 300 g/mol. The molecule has 106 valence electrons. The summed E-state index contributed by atoms with van der Waals surface area (Å²) in [7, 11) is 0. The third-order valence-electron chi connectivity index (χ3n) is 3.18. The Balaban J connectivity index is 1.78. The Morgan fingerprint density at radius 3 is 2.76 bits per heavy atom. The number of aliphatic hydroxyl groups excluding tert-OH is 1. The lowest BCUT2D eigenvalue weighted by Crippen LogP contribution is -1.99. The Hall–Kier alpha value is -2.10. The largest absolute Gasteiger partial charge is 0.487 e. The Kier molecular flexibility index (Phi) is 4.04. The molecule has 2 aromatic carbocycles. The second-order valence-electron chi connectivity index (χ2n) is 4.73. The van der Waals surface area contributed by atoms with E-state index in [9.17, 15) is 0 Å². The van der Waals surface area contributed by atoms with Gasteiger partial charge >= 0.3 is 0 Å². The fourth-order valence-electron chi connectivity index (χ4n) is 2.10. The van der Waals surface area contributed by atoms with Crippen LogP contribution in [0.5, 0.6) is 5.75 Å². The van der Waals surface area contributed by atoms with Crippen molar-refractivity contribution >= 4 is 22.5 Å². The number of hydrogen-bond acceptors (Lipinski definition) is 3. The van der Waals surface area contributed by atoms with E-state index in [1.54, 1.807) is 0 Å². The molecule has 0 aliphatic heterocycles. The molecule has 3 aromatic rings. The lowest BCUT2D eigenvalue weighted by Gasteiger charge is -2.08. The SMILES string of the molecule is OCc1cccc(OCc2ccc3ccc(Cl)cc3n2)c1. The second-order valence-corrected chi connectivity index (χ2v) is 5.17. The summed E-state index contributed by atoms with van der Waals surface area (Å²) in [6.45, 7) is 0.376. The van der Waals surface area contributed by atoms with Crippen molar-refractivity contribution in [3.05, 3.63) is 70.9 Å². The number of benzene rings is 2. The molecular weight excluding hydrogens is 286 g/mol. The topological polar surface area (TPSA) is 42.4 Å². The van der Waals surface area contributed by atoms with Crippen molar-refractivity contribution in [1.29, 1.82) is 0 Å². The normalized spacial score (nSPS) is 10.8. The minimum absolute atomic E-state index is 0.00389. The lowest BCUT2D eigenvalue weighted by atomic mass is 10.2. The van der Waals surface area contributed by atoms with E-state index in [0.29, 0.717) is 11.6 Å². The molecule has 0 aliphatic rings. The van der Waals surface area contributed by atoms with E-state index >= 15 is 0 Å². The van der Waals surface area contributed by atoms with Crippen molar-refractivity contribution in [2.75, 3.05) is 0 Å². The highest BCUT2D eigenvalue weighted by atomic mass is 35.5. The zero-order valence-corrected chi connectivity index (χ0v) is 12.0. The summed E-state index contributed by atoms with van der Waals surface area (Å²) < 4.78 is 5.71. The number of halogens is 1. The van der Waals surface area contributed by atoms with Gasteiger partial charge in [-0.25, -0.2) is 4.98 Å². The molecule has 0 fully saturated rings. The molecule has 0 atom stereocenters. The maximum absolute atomic E-state index is 9.11. The van der Waals surface area contributed by atoms with Gasteiger partial charge in [0, 0.05) is 10.4 Å². The van der Waals surface area contributed by atoms with Crippen LogP contribution >= 0.6 is 11.6 Å². The van der Waals surface area contributed by atoms with Gasteiger partial charge in [0.25, 0.3) is 0 Å². The molecule has 0 spiro atoms. The van der Waals surface area contributed by atoms with Gasteiger partial charge in [-0.15, -0.1) is 0 Å². The highest BCUT2D eigenvalue weighted by molar-refractivity contribution is 6.31. The minimum atomic E-state index is 0.00389. The number of pyridine rings is 1. The summed E-state index contributed by atoms with van der Waals surface area (Å²) in [5.74, 6) is 0.717. The van der Waals surface area contributed by atoms with Gasteiger partial charge in [0.2, 0.25) is 0 Å². The number of aliphatic hydroxyl groups is 1. The number of fused-ring (bicyclic) bond motifs is 1. The third kappa shape index (κ3) is 3.32. The van der Waals surface area contributed by atoms with E-state index in [1.165, 1.54) is 0 Å². The van der Waals surface area contributed by atoms with Crippen LogP contribution in [0.15, 0.2) is 54.6 Å². The van der Waals surface area contributed by atoms with Crippen LogP contribution in [0.1, 0.15) is 11.3 Å². The van der Waals surface area contributed by atoms with Crippen LogP contribution in [0.25, 0.3) is 10.9 Å².